The molecule has 0 amide bonds. The van der Waals surface area contributed by atoms with Gasteiger partial charge in [0.1, 0.15) is 0 Å². The van der Waals surface area contributed by atoms with Crippen LogP contribution >= 0.6 is 0 Å². The number of nitrogens with one attached hydrogen (secondary N) is 1. The van der Waals surface area contributed by atoms with E-state index in [1.807, 2.05) is 0 Å². The van der Waals surface area contributed by atoms with E-state index in [-0.39, 0.29) is 5.54 Å². The lowest BCUT2D eigenvalue weighted by Gasteiger charge is -2.38. The highest BCUT2D eigenvalue weighted by molar-refractivity contribution is 4.92. The largest absolute Gasteiger partial charge is 0.383 e. The first kappa shape index (κ1) is 9.96. The van der Waals surface area contributed by atoms with Gasteiger partial charge in [-0.25, -0.2) is 0 Å². The van der Waals surface area contributed by atoms with E-state index in [1.54, 1.807) is 7.11 Å². The molecule has 0 saturated heterocycles. The summed E-state index contributed by atoms with van der Waals surface area (Å²) in [4.78, 5) is 0. The molecule has 0 spiro atoms. The molecular weight excluding hydrogens is 152 g/mol. The van der Waals surface area contributed by atoms with E-state index in [2.05, 4.69) is 5.32 Å². The van der Waals surface area contributed by atoms with E-state index in [0.717, 1.165) is 26.1 Å². The van der Waals surface area contributed by atoms with Crippen molar-refractivity contribution in [2.75, 3.05) is 26.8 Å². The predicted molar refractivity (Wildman–Crippen MR) is 50.1 cm³/mol. The number of nitrogens with two attached hydrogens (primary N) is 1. The highest BCUT2D eigenvalue weighted by atomic mass is 16.5. The summed E-state index contributed by atoms with van der Waals surface area (Å²) in [6.45, 7) is 2.75. The lowest BCUT2D eigenvalue weighted by Crippen LogP contribution is -2.48. The molecule has 0 aliphatic heterocycles. The van der Waals surface area contributed by atoms with E-state index in [1.165, 1.54) is 19.3 Å². The lowest BCUT2D eigenvalue weighted by molar-refractivity contribution is 0.193. The first-order valence-corrected chi connectivity index (χ1v) is 4.75. The molecule has 0 radical (unpaired) electrons. The predicted octanol–water partition coefficient (Wildman–Crippen LogP) is 0.494. The van der Waals surface area contributed by atoms with Crippen LogP contribution in [0.25, 0.3) is 0 Å². The van der Waals surface area contributed by atoms with E-state index in [0.29, 0.717) is 0 Å². The fourth-order valence-corrected chi connectivity index (χ4v) is 1.52. The van der Waals surface area contributed by atoms with Crippen molar-refractivity contribution < 1.29 is 4.74 Å². The molecule has 0 aromatic carbocycles. The molecule has 3 N–H and O–H groups in total. The maximum atomic E-state index is 6.05. The fraction of sp³-hybridized carbons (Fsp3) is 1.00. The molecule has 1 saturated carbocycles. The number of methoxy groups -OCH3 is 1. The van der Waals surface area contributed by atoms with Crippen LogP contribution in [0.5, 0.6) is 0 Å². The SMILES string of the molecule is COCCNCCC1(N)CCC1. The summed E-state index contributed by atoms with van der Waals surface area (Å²) in [5.41, 5.74) is 6.21. The monoisotopic (exact) mass is 172 g/mol. The third-order valence-corrected chi connectivity index (χ3v) is 2.63. The van der Waals surface area contributed by atoms with Crippen LogP contribution in [0, 0.1) is 0 Å². The Kier molecular flexibility index (Phi) is 3.98. The minimum atomic E-state index is 0.167. The fourth-order valence-electron chi connectivity index (χ4n) is 1.52. The molecular formula is C9H20N2O. The first-order chi connectivity index (χ1) is 5.77. The van der Waals surface area contributed by atoms with Crippen LogP contribution in [0.1, 0.15) is 25.7 Å². The summed E-state index contributed by atoms with van der Waals surface area (Å²) in [5, 5.41) is 3.31. The van der Waals surface area contributed by atoms with Crippen LogP contribution in [-0.4, -0.2) is 32.3 Å². The second-order valence-electron chi connectivity index (χ2n) is 3.71. The van der Waals surface area contributed by atoms with Crippen LogP contribution in [0.4, 0.5) is 0 Å². The molecule has 3 nitrogen and oxygen atoms in total. The molecule has 1 rings (SSSR count). The summed E-state index contributed by atoms with van der Waals surface area (Å²) < 4.78 is 4.92. The summed E-state index contributed by atoms with van der Waals surface area (Å²) in [6, 6.07) is 0. The van der Waals surface area contributed by atoms with Crippen molar-refractivity contribution in [3.8, 4) is 0 Å². The van der Waals surface area contributed by atoms with Crippen molar-refractivity contribution in [2.24, 2.45) is 5.73 Å². The van der Waals surface area contributed by atoms with Crippen molar-refractivity contribution in [3.05, 3.63) is 0 Å². The maximum absolute atomic E-state index is 6.05. The summed E-state index contributed by atoms with van der Waals surface area (Å²) in [5.74, 6) is 0. The van der Waals surface area contributed by atoms with Gasteiger partial charge in [-0.1, -0.05) is 0 Å². The van der Waals surface area contributed by atoms with Gasteiger partial charge in [0.25, 0.3) is 0 Å². The molecule has 12 heavy (non-hydrogen) atoms. The Labute approximate surface area is 74.7 Å². The Bertz CT molecular complexity index is 124. The Balaban J connectivity index is 1.88. The van der Waals surface area contributed by atoms with Crippen LogP contribution in [-0.2, 0) is 4.74 Å². The average Bonchev–Trinajstić information content (AvgIpc) is 2.01. The smallest absolute Gasteiger partial charge is 0.0587 e. The van der Waals surface area contributed by atoms with Gasteiger partial charge in [0, 0.05) is 19.2 Å². The van der Waals surface area contributed by atoms with Gasteiger partial charge in [0.2, 0.25) is 0 Å². The molecule has 0 aromatic rings. The van der Waals surface area contributed by atoms with Crippen molar-refractivity contribution in [1.29, 1.82) is 0 Å². The van der Waals surface area contributed by atoms with E-state index >= 15 is 0 Å². The van der Waals surface area contributed by atoms with Crippen molar-refractivity contribution in [1.82, 2.24) is 5.32 Å². The Morgan fingerprint density at radius 3 is 2.67 bits per heavy atom. The molecule has 0 unspecified atom stereocenters. The van der Waals surface area contributed by atoms with Crippen LogP contribution < -0.4 is 11.1 Å². The Hall–Kier alpha value is -0.120. The van der Waals surface area contributed by atoms with Gasteiger partial charge in [0.15, 0.2) is 0 Å². The van der Waals surface area contributed by atoms with Crippen molar-refractivity contribution >= 4 is 0 Å². The quantitative estimate of drug-likeness (QED) is 0.573. The van der Waals surface area contributed by atoms with Gasteiger partial charge in [-0.2, -0.15) is 0 Å². The van der Waals surface area contributed by atoms with Gasteiger partial charge >= 0.3 is 0 Å². The molecule has 0 heterocycles. The van der Waals surface area contributed by atoms with Crippen LogP contribution in [0.3, 0.4) is 0 Å². The van der Waals surface area contributed by atoms with E-state index < -0.39 is 0 Å². The second kappa shape index (κ2) is 4.80. The van der Waals surface area contributed by atoms with E-state index in [4.69, 9.17) is 10.5 Å². The van der Waals surface area contributed by atoms with Crippen molar-refractivity contribution in [2.45, 2.75) is 31.2 Å². The van der Waals surface area contributed by atoms with Crippen LogP contribution in [0.15, 0.2) is 0 Å². The number of hydrogen-bond donors (Lipinski definition) is 2. The zero-order chi connectivity index (χ0) is 8.86. The standard InChI is InChI=1S/C9H20N2O/c1-12-8-7-11-6-5-9(10)3-2-4-9/h11H,2-8,10H2,1H3. The topological polar surface area (TPSA) is 47.3 Å². The highest BCUT2D eigenvalue weighted by Crippen LogP contribution is 2.31. The maximum Gasteiger partial charge on any atom is 0.0587 e. The third kappa shape index (κ3) is 3.09. The molecule has 1 aliphatic rings. The minimum absolute atomic E-state index is 0.167. The molecule has 0 atom stereocenters. The number of rotatable bonds is 6. The molecule has 1 fully saturated rings. The highest BCUT2D eigenvalue weighted by Gasteiger charge is 2.31. The van der Waals surface area contributed by atoms with Gasteiger partial charge in [-0.15, -0.1) is 0 Å². The first-order valence-electron chi connectivity index (χ1n) is 4.75. The van der Waals surface area contributed by atoms with E-state index in [9.17, 15) is 0 Å². The van der Waals surface area contributed by atoms with Crippen molar-refractivity contribution in [3.63, 3.8) is 0 Å². The molecule has 1 aliphatic carbocycles. The number of hydrogen-bond acceptors (Lipinski definition) is 3. The minimum Gasteiger partial charge on any atom is -0.383 e. The zero-order valence-corrected chi connectivity index (χ0v) is 7.94. The molecule has 0 bridgehead atoms. The normalized spacial score (nSPS) is 20.5. The number of ether oxygens (including phenoxy) is 1. The summed E-state index contributed by atoms with van der Waals surface area (Å²) in [7, 11) is 1.72. The summed E-state index contributed by atoms with van der Waals surface area (Å²) >= 11 is 0. The molecule has 72 valence electrons. The van der Waals surface area contributed by atoms with Gasteiger partial charge < -0.3 is 15.8 Å². The Morgan fingerprint density at radius 1 is 1.42 bits per heavy atom. The second-order valence-corrected chi connectivity index (χ2v) is 3.71. The van der Waals surface area contributed by atoms with Gasteiger partial charge in [-0.05, 0) is 32.2 Å². The lowest BCUT2D eigenvalue weighted by atomic mass is 9.75. The Morgan fingerprint density at radius 2 is 2.17 bits per heavy atom. The van der Waals surface area contributed by atoms with Gasteiger partial charge in [-0.3, -0.25) is 0 Å². The average molecular weight is 172 g/mol. The molecule has 3 heteroatoms. The molecule has 0 aromatic heterocycles. The van der Waals surface area contributed by atoms with Crippen LogP contribution in [0.2, 0.25) is 0 Å². The zero-order valence-electron chi connectivity index (χ0n) is 7.94. The third-order valence-electron chi connectivity index (χ3n) is 2.63. The van der Waals surface area contributed by atoms with Gasteiger partial charge in [0.05, 0.1) is 6.61 Å². The summed E-state index contributed by atoms with van der Waals surface area (Å²) in [6.07, 6.45) is 4.84.